The molecule has 2 heterocycles. The third kappa shape index (κ3) is 5.08. The highest BCUT2D eigenvalue weighted by molar-refractivity contribution is 7.89. The number of rotatable bonds is 9. The van der Waals surface area contributed by atoms with Crippen molar-refractivity contribution < 1.29 is 17.9 Å². The summed E-state index contributed by atoms with van der Waals surface area (Å²) in [5.41, 5.74) is 2.77. The standard InChI is InChI=1S/C24H25N5O4S/c1-29-20-9-4-3-8-19(20)28-23(29)16-26-24(30)17-10-11-21(33-2)22(15-17)34(31,32)27-14-12-18-7-5-6-13-25-18/h3-11,13,15,27H,12,14,16H2,1-2H3,(H,26,30). The van der Waals surface area contributed by atoms with E-state index in [1.165, 1.54) is 25.3 Å². The molecule has 0 aliphatic rings. The van der Waals surface area contributed by atoms with Gasteiger partial charge in [0, 0.05) is 37.5 Å². The number of amides is 1. The number of carbonyl (C=O) groups excluding carboxylic acids is 1. The van der Waals surface area contributed by atoms with Crippen molar-refractivity contribution in [2.45, 2.75) is 17.9 Å². The average Bonchev–Trinajstić information content (AvgIpc) is 3.18. The molecule has 34 heavy (non-hydrogen) atoms. The van der Waals surface area contributed by atoms with E-state index in [9.17, 15) is 13.2 Å². The zero-order valence-corrected chi connectivity index (χ0v) is 19.7. The predicted molar refractivity (Wildman–Crippen MR) is 128 cm³/mol. The van der Waals surface area contributed by atoms with Gasteiger partial charge in [0.1, 0.15) is 16.5 Å². The number of methoxy groups -OCH3 is 1. The smallest absolute Gasteiger partial charge is 0.251 e. The quantitative estimate of drug-likeness (QED) is 0.381. The number of hydrogen-bond donors (Lipinski definition) is 2. The monoisotopic (exact) mass is 479 g/mol. The van der Waals surface area contributed by atoms with Crippen molar-refractivity contribution in [1.82, 2.24) is 24.6 Å². The molecule has 4 aromatic rings. The summed E-state index contributed by atoms with van der Waals surface area (Å²) >= 11 is 0. The highest BCUT2D eigenvalue weighted by Crippen LogP contribution is 2.25. The topological polar surface area (TPSA) is 115 Å². The lowest BCUT2D eigenvalue weighted by atomic mass is 10.2. The van der Waals surface area contributed by atoms with E-state index in [4.69, 9.17) is 4.74 Å². The molecule has 9 nitrogen and oxygen atoms in total. The van der Waals surface area contributed by atoms with Crippen molar-refractivity contribution in [3.05, 3.63) is 83.9 Å². The van der Waals surface area contributed by atoms with Crippen molar-refractivity contribution in [3.8, 4) is 5.75 Å². The Balaban J connectivity index is 1.48. The summed E-state index contributed by atoms with van der Waals surface area (Å²) < 4.78 is 35.6. The molecule has 10 heteroatoms. The zero-order valence-electron chi connectivity index (χ0n) is 18.9. The van der Waals surface area contributed by atoms with E-state index in [2.05, 4.69) is 20.0 Å². The van der Waals surface area contributed by atoms with Gasteiger partial charge in [0.05, 0.1) is 24.7 Å². The van der Waals surface area contributed by atoms with Gasteiger partial charge in [-0.05, 0) is 42.5 Å². The highest BCUT2D eigenvalue weighted by Gasteiger charge is 2.22. The van der Waals surface area contributed by atoms with Crippen molar-refractivity contribution in [3.63, 3.8) is 0 Å². The second-order valence-electron chi connectivity index (χ2n) is 7.59. The molecule has 0 bridgehead atoms. The van der Waals surface area contributed by atoms with Crippen LogP contribution in [-0.4, -0.2) is 42.5 Å². The molecule has 4 rings (SSSR count). The van der Waals surface area contributed by atoms with Crippen LogP contribution in [0.4, 0.5) is 0 Å². The van der Waals surface area contributed by atoms with Gasteiger partial charge in [0.25, 0.3) is 5.91 Å². The number of para-hydroxylation sites is 2. The zero-order chi connectivity index (χ0) is 24.1. The predicted octanol–water partition coefficient (Wildman–Crippen LogP) is 2.43. The number of pyridine rings is 1. The van der Waals surface area contributed by atoms with Crippen LogP contribution in [-0.2, 0) is 30.0 Å². The Labute approximate surface area is 197 Å². The first-order valence-electron chi connectivity index (χ1n) is 10.6. The molecule has 0 unspecified atom stereocenters. The van der Waals surface area contributed by atoms with E-state index < -0.39 is 15.9 Å². The third-order valence-electron chi connectivity index (χ3n) is 5.40. The maximum absolute atomic E-state index is 12.9. The molecule has 0 saturated heterocycles. The van der Waals surface area contributed by atoms with Gasteiger partial charge in [-0.2, -0.15) is 0 Å². The Kier molecular flexibility index (Phi) is 6.90. The first-order chi connectivity index (χ1) is 16.4. The molecule has 176 valence electrons. The van der Waals surface area contributed by atoms with E-state index in [-0.39, 0.29) is 29.3 Å². The number of carbonyl (C=O) groups is 1. The van der Waals surface area contributed by atoms with Crippen LogP contribution in [0.25, 0.3) is 11.0 Å². The van der Waals surface area contributed by atoms with Crippen molar-refractivity contribution >= 4 is 27.0 Å². The van der Waals surface area contributed by atoms with Gasteiger partial charge in [-0.1, -0.05) is 18.2 Å². The number of imidazole rings is 1. The largest absolute Gasteiger partial charge is 0.495 e. The third-order valence-corrected chi connectivity index (χ3v) is 6.88. The maximum atomic E-state index is 12.9. The number of nitrogens with one attached hydrogen (secondary N) is 2. The summed E-state index contributed by atoms with van der Waals surface area (Å²) in [6.45, 7) is 0.353. The molecular formula is C24H25N5O4S. The summed E-state index contributed by atoms with van der Waals surface area (Å²) in [5.74, 6) is 0.420. The lowest BCUT2D eigenvalue weighted by Gasteiger charge is -2.13. The first-order valence-corrected chi connectivity index (χ1v) is 12.1. The second kappa shape index (κ2) is 10.0. The summed E-state index contributed by atoms with van der Waals surface area (Å²) in [6.07, 6.45) is 2.09. The fourth-order valence-corrected chi connectivity index (χ4v) is 4.80. The van der Waals surface area contributed by atoms with Crippen molar-refractivity contribution in [2.75, 3.05) is 13.7 Å². The van der Waals surface area contributed by atoms with Gasteiger partial charge in [-0.15, -0.1) is 0 Å². The van der Waals surface area contributed by atoms with E-state index in [1.807, 2.05) is 48.0 Å². The number of nitrogens with zero attached hydrogens (tertiary/aromatic N) is 3. The number of aryl methyl sites for hydroxylation is 1. The summed E-state index contributed by atoms with van der Waals surface area (Å²) in [7, 11) is -0.656. The maximum Gasteiger partial charge on any atom is 0.251 e. The Morgan fingerprint density at radius 3 is 2.62 bits per heavy atom. The van der Waals surface area contributed by atoms with Gasteiger partial charge < -0.3 is 14.6 Å². The number of fused-ring (bicyclic) bond motifs is 1. The van der Waals surface area contributed by atoms with Crippen LogP contribution in [0.15, 0.2) is 71.8 Å². The molecule has 1 amide bonds. The Morgan fingerprint density at radius 2 is 1.88 bits per heavy atom. The lowest BCUT2D eigenvalue weighted by molar-refractivity contribution is 0.0949. The van der Waals surface area contributed by atoms with Gasteiger partial charge in [-0.25, -0.2) is 18.1 Å². The Hall–Kier alpha value is -3.76. The number of ether oxygens (including phenoxy) is 1. The minimum atomic E-state index is -3.92. The normalized spacial score (nSPS) is 11.5. The fourth-order valence-electron chi connectivity index (χ4n) is 3.58. The molecule has 0 atom stereocenters. The summed E-state index contributed by atoms with van der Waals surface area (Å²) in [5, 5.41) is 2.81. The molecule has 0 fully saturated rings. The van der Waals surface area contributed by atoms with Crippen LogP contribution in [0.2, 0.25) is 0 Å². The SMILES string of the molecule is COc1ccc(C(=O)NCc2nc3ccccc3n2C)cc1S(=O)(=O)NCCc1ccccn1. The molecular weight excluding hydrogens is 454 g/mol. The van der Waals surface area contributed by atoms with Crippen molar-refractivity contribution in [2.24, 2.45) is 7.05 Å². The molecule has 2 aromatic heterocycles. The molecule has 0 aliphatic heterocycles. The number of sulfonamides is 1. The van der Waals surface area contributed by atoms with Crippen LogP contribution < -0.4 is 14.8 Å². The summed E-state index contributed by atoms with van der Waals surface area (Å²) in [4.78, 5) is 21.4. The van der Waals surface area contributed by atoms with E-state index in [0.717, 1.165) is 16.7 Å². The van der Waals surface area contributed by atoms with E-state index >= 15 is 0 Å². The van der Waals surface area contributed by atoms with Crippen LogP contribution in [0.1, 0.15) is 21.9 Å². The van der Waals surface area contributed by atoms with Gasteiger partial charge in [-0.3, -0.25) is 9.78 Å². The number of benzene rings is 2. The first kappa shape index (κ1) is 23.4. The minimum Gasteiger partial charge on any atom is -0.495 e. The average molecular weight is 480 g/mol. The minimum absolute atomic E-state index is 0.105. The second-order valence-corrected chi connectivity index (χ2v) is 9.33. The van der Waals surface area contributed by atoms with Gasteiger partial charge in [0.15, 0.2) is 0 Å². The lowest BCUT2D eigenvalue weighted by Crippen LogP contribution is -2.28. The van der Waals surface area contributed by atoms with Crippen LogP contribution in [0, 0.1) is 0 Å². The Morgan fingerprint density at radius 1 is 1.09 bits per heavy atom. The van der Waals surface area contributed by atoms with Crippen LogP contribution >= 0.6 is 0 Å². The summed E-state index contributed by atoms with van der Waals surface area (Å²) in [6, 6.07) is 17.5. The van der Waals surface area contributed by atoms with E-state index in [0.29, 0.717) is 12.2 Å². The molecule has 0 radical (unpaired) electrons. The van der Waals surface area contributed by atoms with E-state index in [1.54, 1.807) is 12.3 Å². The van der Waals surface area contributed by atoms with Crippen molar-refractivity contribution in [1.29, 1.82) is 0 Å². The van der Waals surface area contributed by atoms with Gasteiger partial charge >= 0.3 is 0 Å². The molecule has 0 spiro atoms. The van der Waals surface area contributed by atoms with Gasteiger partial charge in [0.2, 0.25) is 10.0 Å². The molecule has 2 aromatic carbocycles. The highest BCUT2D eigenvalue weighted by atomic mass is 32.2. The molecule has 0 aliphatic carbocycles. The van der Waals surface area contributed by atoms with Crippen LogP contribution in [0.3, 0.4) is 0 Å². The Bertz CT molecular complexity index is 1420. The molecule has 2 N–H and O–H groups in total. The molecule has 0 saturated carbocycles. The number of aromatic nitrogens is 3. The number of hydrogen-bond acceptors (Lipinski definition) is 6. The fraction of sp³-hybridized carbons (Fsp3) is 0.208. The van der Waals surface area contributed by atoms with Crippen LogP contribution in [0.5, 0.6) is 5.75 Å².